The minimum Gasteiger partial charge on any atom is -0.198 e. The van der Waals surface area contributed by atoms with Crippen molar-refractivity contribution in [3.8, 4) is 6.07 Å². The lowest BCUT2D eigenvalue weighted by atomic mass is 9.80. The molecule has 1 saturated carbocycles. The Kier molecular flexibility index (Phi) is 5.06. The molecule has 0 amide bonds. The van der Waals surface area contributed by atoms with Crippen LogP contribution in [0.25, 0.3) is 6.08 Å². The highest BCUT2D eigenvalue weighted by Crippen LogP contribution is 2.31. The van der Waals surface area contributed by atoms with Crippen molar-refractivity contribution < 1.29 is 13.2 Å². The maximum Gasteiger partial charge on any atom is 0.416 e. The third-order valence-electron chi connectivity index (χ3n) is 4.04. The molecule has 0 aliphatic heterocycles. The summed E-state index contributed by atoms with van der Waals surface area (Å²) in [5, 5.41) is 9.26. The van der Waals surface area contributed by atoms with Crippen LogP contribution in [0.2, 0.25) is 0 Å². The number of halogens is 3. The summed E-state index contributed by atoms with van der Waals surface area (Å²) in [6.45, 7) is 0. The molecule has 0 heterocycles. The topological polar surface area (TPSA) is 23.8 Å². The highest BCUT2D eigenvalue weighted by molar-refractivity contribution is 5.50. The average Bonchev–Trinajstić information content (AvgIpc) is 2.48. The van der Waals surface area contributed by atoms with Gasteiger partial charge in [0.1, 0.15) is 0 Å². The summed E-state index contributed by atoms with van der Waals surface area (Å²) in [4.78, 5) is 0. The van der Waals surface area contributed by atoms with Gasteiger partial charge in [0, 0.05) is 0 Å². The minimum atomic E-state index is -4.31. The fraction of sp³-hybridized carbons (Fsp3) is 0.471. The van der Waals surface area contributed by atoms with Gasteiger partial charge in [-0.3, -0.25) is 0 Å². The Morgan fingerprint density at radius 3 is 2.24 bits per heavy atom. The molecule has 1 aliphatic rings. The van der Waals surface area contributed by atoms with E-state index in [0.717, 1.165) is 37.8 Å². The first-order valence-corrected chi connectivity index (χ1v) is 7.26. The number of hydrogen-bond acceptors (Lipinski definition) is 1. The third kappa shape index (κ3) is 4.35. The zero-order chi connectivity index (χ0) is 15.3. The summed E-state index contributed by atoms with van der Waals surface area (Å²) in [5.74, 6) is 0.238. The fourth-order valence-corrected chi connectivity index (χ4v) is 2.80. The number of allylic oxidation sites excluding steroid dienone is 1. The summed E-state index contributed by atoms with van der Waals surface area (Å²) in [5.41, 5.74) is 0.0443. The lowest BCUT2D eigenvalue weighted by Gasteiger charge is -2.23. The number of benzene rings is 1. The maximum atomic E-state index is 12.5. The second-order valence-corrected chi connectivity index (χ2v) is 5.53. The largest absolute Gasteiger partial charge is 0.416 e. The zero-order valence-corrected chi connectivity index (χ0v) is 11.7. The summed E-state index contributed by atoms with van der Waals surface area (Å²) < 4.78 is 37.4. The Labute approximate surface area is 123 Å². The molecule has 112 valence electrons. The number of rotatable bonds is 3. The van der Waals surface area contributed by atoms with Crippen molar-refractivity contribution in [1.29, 1.82) is 5.26 Å². The molecular formula is C17H18F3N. The molecule has 1 unspecified atom stereocenters. The van der Waals surface area contributed by atoms with E-state index in [0.29, 0.717) is 11.5 Å². The molecule has 21 heavy (non-hydrogen) atoms. The Hall–Kier alpha value is -1.76. The van der Waals surface area contributed by atoms with Gasteiger partial charge in [-0.2, -0.15) is 18.4 Å². The van der Waals surface area contributed by atoms with Gasteiger partial charge in [-0.15, -0.1) is 0 Å². The zero-order valence-electron chi connectivity index (χ0n) is 11.7. The Bertz CT molecular complexity index is 516. The van der Waals surface area contributed by atoms with E-state index in [2.05, 4.69) is 6.07 Å². The van der Waals surface area contributed by atoms with Crippen LogP contribution < -0.4 is 0 Å². The van der Waals surface area contributed by atoms with E-state index in [-0.39, 0.29) is 5.92 Å². The van der Waals surface area contributed by atoms with E-state index in [4.69, 9.17) is 0 Å². The van der Waals surface area contributed by atoms with E-state index in [1.54, 1.807) is 6.08 Å². The second kappa shape index (κ2) is 6.80. The van der Waals surface area contributed by atoms with Gasteiger partial charge in [-0.25, -0.2) is 0 Å². The van der Waals surface area contributed by atoms with E-state index < -0.39 is 11.7 Å². The van der Waals surface area contributed by atoms with Crippen LogP contribution in [0.5, 0.6) is 0 Å². The van der Waals surface area contributed by atoms with Crippen LogP contribution in [0.15, 0.2) is 30.3 Å². The van der Waals surface area contributed by atoms with Gasteiger partial charge in [0.05, 0.1) is 17.6 Å². The summed E-state index contributed by atoms with van der Waals surface area (Å²) in [7, 11) is 0. The van der Waals surface area contributed by atoms with E-state index in [9.17, 15) is 18.4 Å². The van der Waals surface area contributed by atoms with Crippen LogP contribution in [0.1, 0.15) is 43.2 Å². The van der Waals surface area contributed by atoms with Crippen molar-refractivity contribution in [2.24, 2.45) is 11.8 Å². The van der Waals surface area contributed by atoms with E-state index >= 15 is 0 Å². The predicted octanol–water partition coefficient (Wildman–Crippen LogP) is 5.44. The van der Waals surface area contributed by atoms with Gasteiger partial charge >= 0.3 is 6.18 Å². The van der Waals surface area contributed by atoms with Gasteiger partial charge < -0.3 is 0 Å². The van der Waals surface area contributed by atoms with Crippen LogP contribution in [-0.4, -0.2) is 0 Å². The summed E-state index contributed by atoms with van der Waals surface area (Å²) >= 11 is 0. The molecule has 1 aromatic carbocycles. The Morgan fingerprint density at radius 2 is 1.71 bits per heavy atom. The molecule has 1 atom stereocenters. The van der Waals surface area contributed by atoms with Gasteiger partial charge in [0.25, 0.3) is 0 Å². The predicted molar refractivity (Wildman–Crippen MR) is 76.2 cm³/mol. The highest BCUT2D eigenvalue weighted by Gasteiger charge is 2.29. The van der Waals surface area contributed by atoms with Crippen LogP contribution in [0, 0.1) is 23.2 Å². The second-order valence-electron chi connectivity index (χ2n) is 5.53. The Morgan fingerprint density at radius 1 is 1.10 bits per heavy atom. The molecule has 0 spiro atoms. The molecule has 1 nitrogen and oxygen atoms in total. The van der Waals surface area contributed by atoms with Crippen LogP contribution in [0.3, 0.4) is 0 Å². The van der Waals surface area contributed by atoms with Crippen molar-refractivity contribution in [1.82, 2.24) is 0 Å². The first kappa shape index (κ1) is 15.6. The average molecular weight is 293 g/mol. The van der Waals surface area contributed by atoms with Crippen molar-refractivity contribution in [3.63, 3.8) is 0 Å². The molecule has 0 aromatic heterocycles. The SMILES string of the molecule is N#CC(/C=C/c1ccc(C(F)(F)F)cc1)C1CCCCC1. The molecule has 1 aromatic rings. The molecule has 1 aliphatic carbocycles. The number of nitriles is 1. The van der Waals surface area contributed by atoms with Crippen molar-refractivity contribution in [3.05, 3.63) is 41.5 Å². The monoisotopic (exact) mass is 293 g/mol. The molecule has 0 N–H and O–H groups in total. The van der Waals surface area contributed by atoms with Gasteiger partial charge in [0.15, 0.2) is 0 Å². The molecule has 0 bridgehead atoms. The molecule has 4 heteroatoms. The smallest absolute Gasteiger partial charge is 0.198 e. The standard InChI is InChI=1S/C17H18F3N/c18-17(19,20)16-10-7-13(8-11-16)6-9-15(12-21)14-4-2-1-3-5-14/h6-11,14-15H,1-5H2/b9-6+. The van der Waals surface area contributed by atoms with Gasteiger partial charge in [-0.05, 0) is 36.5 Å². The quantitative estimate of drug-likeness (QED) is 0.728. The lowest BCUT2D eigenvalue weighted by Crippen LogP contribution is -2.14. The van der Waals surface area contributed by atoms with Gasteiger partial charge in [0.2, 0.25) is 0 Å². The van der Waals surface area contributed by atoms with E-state index in [1.165, 1.54) is 18.6 Å². The molecule has 0 radical (unpaired) electrons. The molecule has 2 rings (SSSR count). The molecule has 0 saturated heterocycles. The Balaban J connectivity index is 2.03. The van der Waals surface area contributed by atoms with Crippen molar-refractivity contribution >= 4 is 6.08 Å². The van der Waals surface area contributed by atoms with Crippen LogP contribution in [0.4, 0.5) is 13.2 Å². The summed E-state index contributed by atoms with van der Waals surface area (Å²) in [6, 6.07) is 7.33. The van der Waals surface area contributed by atoms with Crippen molar-refractivity contribution in [2.75, 3.05) is 0 Å². The summed E-state index contributed by atoms with van der Waals surface area (Å²) in [6.07, 6.45) is 4.97. The van der Waals surface area contributed by atoms with E-state index in [1.807, 2.05) is 6.08 Å². The van der Waals surface area contributed by atoms with Crippen molar-refractivity contribution in [2.45, 2.75) is 38.3 Å². The first-order valence-electron chi connectivity index (χ1n) is 7.26. The molecular weight excluding hydrogens is 275 g/mol. The third-order valence-corrected chi connectivity index (χ3v) is 4.04. The number of nitrogens with zero attached hydrogens (tertiary/aromatic N) is 1. The first-order chi connectivity index (χ1) is 10.0. The van der Waals surface area contributed by atoms with Crippen LogP contribution in [-0.2, 0) is 6.18 Å². The maximum absolute atomic E-state index is 12.5. The number of alkyl halides is 3. The normalized spacial score (nSPS) is 18.6. The van der Waals surface area contributed by atoms with Gasteiger partial charge in [-0.1, -0.05) is 43.5 Å². The fourth-order valence-electron chi connectivity index (χ4n) is 2.80. The minimum absolute atomic E-state index is 0.146. The molecule has 1 fully saturated rings. The highest BCUT2D eigenvalue weighted by atomic mass is 19.4. The lowest BCUT2D eigenvalue weighted by molar-refractivity contribution is -0.137. The van der Waals surface area contributed by atoms with Crippen LogP contribution >= 0.6 is 0 Å². The number of hydrogen-bond donors (Lipinski definition) is 0.